The predicted molar refractivity (Wildman–Crippen MR) is 50.9 cm³/mol. The smallest absolute Gasteiger partial charge is 0.302 e. The molecule has 0 saturated carbocycles. The van der Waals surface area contributed by atoms with E-state index in [0.29, 0.717) is 19.5 Å². The van der Waals surface area contributed by atoms with Gasteiger partial charge in [-0.25, -0.2) is 0 Å². The van der Waals surface area contributed by atoms with Gasteiger partial charge in [0.25, 0.3) is 0 Å². The number of hydrogen-bond donors (Lipinski definition) is 0. The zero-order chi connectivity index (χ0) is 11.7. The Morgan fingerprint density at radius 2 is 1.47 bits per heavy atom. The molecule has 0 heterocycles. The van der Waals surface area contributed by atoms with E-state index in [1.165, 1.54) is 18.7 Å². The Balaban J connectivity index is 3.59. The SMILES string of the molecule is CC(=O)OCCN(C=O)CCOC(C)=O. The fourth-order valence-corrected chi connectivity index (χ4v) is 0.830. The van der Waals surface area contributed by atoms with Crippen molar-refractivity contribution in [3.8, 4) is 0 Å². The minimum atomic E-state index is -0.388. The summed E-state index contributed by atoms with van der Waals surface area (Å²) in [6.07, 6.45) is 0.618. The monoisotopic (exact) mass is 217 g/mol. The molecule has 0 aromatic heterocycles. The van der Waals surface area contributed by atoms with E-state index in [4.69, 9.17) is 0 Å². The Bertz CT molecular complexity index is 209. The molecule has 0 unspecified atom stereocenters. The van der Waals surface area contributed by atoms with Crippen LogP contribution in [0, 0.1) is 0 Å². The Hall–Kier alpha value is -1.59. The van der Waals surface area contributed by atoms with Gasteiger partial charge in [0, 0.05) is 13.8 Å². The molecule has 15 heavy (non-hydrogen) atoms. The van der Waals surface area contributed by atoms with E-state index in [1.54, 1.807) is 0 Å². The third-order valence-corrected chi connectivity index (χ3v) is 1.52. The summed E-state index contributed by atoms with van der Waals surface area (Å²) in [7, 11) is 0. The summed E-state index contributed by atoms with van der Waals surface area (Å²) in [5.74, 6) is -0.776. The molecule has 0 aliphatic heterocycles. The van der Waals surface area contributed by atoms with Crippen molar-refractivity contribution >= 4 is 18.3 Å². The largest absolute Gasteiger partial charge is 0.464 e. The second kappa shape index (κ2) is 7.78. The number of amides is 1. The maximum Gasteiger partial charge on any atom is 0.302 e. The Labute approximate surface area is 88.1 Å². The lowest BCUT2D eigenvalue weighted by Crippen LogP contribution is -2.30. The topological polar surface area (TPSA) is 72.9 Å². The van der Waals surface area contributed by atoms with Gasteiger partial charge in [0.1, 0.15) is 13.2 Å². The third-order valence-electron chi connectivity index (χ3n) is 1.52. The summed E-state index contributed by atoms with van der Waals surface area (Å²) < 4.78 is 9.31. The maximum absolute atomic E-state index is 10.5. The molecule has 0 radical (unpaired) electrons. The highest BCUT2D eigenvalue weighted by Crippen LogP contribution is 1.86. The Morgan fingerprint density at radius 1 is 1.07 bits per heavy atom. The van der Waals surface area contributed by atoms with Crippen LogP contribution in [0.2, 0.25) is 0 Å². The molecule has 0 aromatic carbocycles. The van der Waals surface area contributed by atoms with E-state index in [1.807, 2.05) is 0 Å². The quantitative estimate of drug-likeness (QED) is 0.427. The molecular formula is C9H15NO5. The fraction of sp³-hybridized carbons (Fsp3) is 0.667. The van der Waals surface area contributed by atoms with Crippen molar-refractivity contribution in [1.82, 2.24) is 4.90 Å². The first-order valence-electron chi connectivity index (χ1n) is 4.52. The molecule has 6 nitrogen and oxygen atoms in total. The van der Waals surface area contributed by atoms with Crippen molar-refractivity contribution in [3.63, 3.8) is 0 Å². The van der Waals surface area contributed by atoms with E-state index in [0.717, 1.165) is 0 Å². The van der Waals surface area contributed by atoms with Crippen LogP contribution in [0.5, 0.6) is 0 Å². The first-order valence-corrected chi connectivity index (χ1v) is 4.52. The van der Waals surface area contributed by atoms with Crippen LogP contribution in [0.3, 0.4) is 0 Å². The number of ether oxygens (including phenoxy) is 2. The number of carbonyl (C=O) groups excluding carboxylic acids is 3. The van der Waals surface area contributed by atoms with Gasteiger partial charge in [-0.1, -0.05) is 0 Å². The molecule has 0 N–H and O–H groups in total. The first-order chi connectivity index (χ1) is 7.06. The summed E-state index contributed by atoms with van der Waals surface area (Å²) in [6.45, 7) is 3.48. The van der Waals surface area contributed by atoms with Gasteiger partial charge in [-0.15, -0.1) is 0 Å². The van der Waals surface area contributed by atoms with E-state index >= 15 is 0 Å². The molecule has 0 bridgehead atoms. The lowest BCUT2D eigenvalue weighted by molar-refractivity contribution is -0.143. The molecule has 0 fully saturated rings. The normalized spacial score (nSPS) is 9.20. The molecule has 0 spiro atoms. The van der Waals surface area contributed by atoms with Gasteiger partial charge >= 0.3 is 11.9 Å². The molecule has 1 amide bonds. The van der Waals surface area contributed by atoms with Crippen LogP contribution in [0.25, 0.3) is 0 Å². The van der Waals surface area contributed by atoms with Crippen molar-refractivity contribution in [3.05, 3.63) is 0 Å². The summed E-state index contributed by atoms with van der Waals surface area (Å²) in [5.41, 5.74) is 0. The third kappa shape index (κ3) is 8.73. The zero-order valence-corrected chi connectivity index (χ0v) is 8.89. The van der Waals surface area contributed by atoms with E-state index < -0.39 is 0 Å². The lowest BCUT2D eigenvalue weighted by Gasteiger charge is -2.16. The van der Waals surface area contributed by atoms with Gasteiger partial charge < -0.3 is 14.4 Å². The average molecular weight is 217 g/mol. The fourth-order valence-electron chi connectivity index (χ4n) is 0.830. The molecule has 0 aliphatic carbocycles. The number of carbonyl (C=O) groups is 3. The second-order valence-corrected chi connectivity index (χ2v) is 2.82. The Kier molecular flexibility index (Phi) is 6.96. The number of nitrogens with zero attached hydrogens (tertiary/aromatic N) is 1. The molecule has 0 aromatic rings. The van der Waals surface area contributed by atoms with Gasteiger partial charge in [0.15, 0.2) is 0 Å². The molecule has 0 aliphatic rings. The summed E-state index contributed by atoms with van der Waals surface area (Å²) in [6, 6.07) is 0. The van der Waals surface area contributed by atoms with E-state index in [9.17, 15) is 14.4 Å². The molecule has 0 rings (SSSR count). The van der Waals surface area contributed by atoms with Gasteiger partial charge in [0.05, 0.1) is 13.1 Å². The molecule has 0 atom stereocenters. The lowest BCUT2D eigenvalue weighted by atomic mass is 10.5. The van der Waals surface area contributed by atoms with Crippen LogP contribution >= 0.6 is 0 Å². The van der Waals surface area contributed by atoms with Gasteiger partial charge in [-0.05, 0) is 0 Å². The van der Waals surface area contributed by atoms with Crippen LogP contribution in [0.4, 0.5) is 0 Å². The highest BCUT2D eigenvalue weighted by molar-refractivity contribution is 5.66. The standard InChI is InChI=1S/C9H15NO5/c1-8(12)14-5-3-10(7-11)4-6-15-9(2)13/h7H,3-6H2,1-2H3. The predicted octanol–water partition coefficient (Wildman–Crippen LogP) is -0.429. The minimum absolute atomic E-state index is 0.147. The van der Waals surface area contributed by atoms with E-state index in [2.05, 4.69) is 9.47 Å². The summed E-state index contributed by atoms with van der Waals surface area (Å²) >= 11 is 0. The second-order valence-electron chi connectivity index (χ2n) is 2.82. The van der Waals surface area contributed by atoms with Crippen molar-refractivity contribution in [2.24, 2.45) is 0 Å². The molecule has 86 valence electrons. The molecular weight excluding hydrogens is 202 g/mol. The van der Waals surface area contributed by atoms with Gasteiger partial charge in [0.2, 0.25) is 6.41 Å². The molecule has 0 saturated heterocycles. The van der Waals surface area contributed by atoms with Crippen LogP contribution in [-0.4, -0.2) is 49.6 Å². The highest BCUT2D eigenvalue weighted by atomic mass is 16.5. The number of rotatable bonds is 7. The van der Waals surface area contributed by atoms with Crippen molar-refractivity contribution in [2.45, 2.75) is 13.8 Å². The highest BCUT2D eigenvalue weighted by Gasteiger charge is 2.03. The van der Waals surface area contributed by atoms with Crippen LogP contribution in [0.1, 0.15) is 13.8 Å². The van der Waals surface area contributed by atoms with Crippen molar-refractivity contribution in [2.75, 3.05) is 26.3 Å². The molecule has 6 heteroatoms. The van der Waals surface area contributed by atoms with Gasteiger partial charge in [-0.3, -0.25) is 14.4 Å². The van der Waals surface area contributed by atoms with Crippen LogP contribution in [0.15, 0.2) is 0 Å². The van der Waals surface area contributed by atoms with Crippen LogP contribution in [-0.2, 0) is 23.9 Å². The van der Waals surface area contributed by atoms with E-state index in [-0.39, 0.29) is 25.2 Å². The summed E-state index contributed by atoms with van der Waals surface area (Å²) in [5, 5.41) is 0. The van der Waals surface area contributed by atoms with Crippen molar-refractivity contribution < 1.29 is 23.9 Å². The number of esters is 2. The number of hydrogen-bond acceptors (Lipinski definition) is 5. The minimum Gasteiger partial charge on any atom is -0.464 e. The van der Waals surface area contributed by atoms with Gasteiger partial charge in [-0.2, -0.15) is 0 Å². The average Bonchev–Trinajstić information content (AvgIpc) is 2.14. The van der Waals surface area contributed by atoms with Crippen LogP contribution < -0.4 is 0 Å². The first kappa shape index (κ1) is 13.4. The maximum atomic E-state index is 10.5. The Morgan fingerprint density at radius 3 is 1.73 bits per heavy atom. The summed E-state index contributed by atoms with van der Waals surface area (Å²) in [4.78, 5) is 32.7. The zero-order valence-electron chi connectivity index (χ0n) is 8.89. The van der Waals surface area contributed by atoms with Crippen molar-refractivity contribution in [1.29, 1.82) is 0 Å².